The zero-order chi connectivity index (χ0) is 22.7. The standard InChI is InChI=1S/C21H21BrN4O4S2/c1-26-16(10-30-13-8-6-12(22)7-9-13)24-25-21(26)31-11-17(27)23-19-18(20(28)29-2)14-4-3-5-15(14)32-19/h6-9H,3-5,10-11H2,1-2H3,(H,23,27). The van der Waals surface area contributed by atoms with Crippen LogP contribution in [0.4, 0.5) is 5.00 Å². The number of nitrogens with zero attached hydrogens (tertiary/aromatic N) is 3. The van der Waals surface area contributed by atoms with Gasteiger partial charge in [-0.05, 0) is 49.1 Å². The molecule has 0 bridgehead atoms. The van der Waals surface area contributed by atoms with Crippen LogP contribution in [-0.2, 0) is 36.0 Å². The van der Waals surface area contributed by atoms with Crippen molar-refractivity contribution in [2.24, 2.45) is 7.05 Å². The molecule has 0 saturated carbocycles. The number of benzene rings is 1. The quantitative estimate of drug-likeness (QED) is 0.340. The number of ether oxygens (including phenoxy) is 2. The number of esters is 1. The largest absolute Gasteiger partial charge is 0.486 e. The van der Waals surface area contributed by atoms with E-state index in [0.717, 1.165) is 39.9 Å². The van der Waals surface area contributed by atoms with Crippen LogP contribution < -0.4 is 10.1 Å². The fraction of sp³-hybridized carbons (Fsp3) is 0.333. The highest BCUT2D eigenvalue weighted by molar-refractivity contribution is 9.10. The van der Waals surface area contributed by atoms with E-state index in [0.29, 0.717) is 21.5 Å². The summed E-state index contributed by atoms with van der Waals surface area (Å²) in [6.07, 6.45) is 2.79. The number of halogens is 1. The van der Waals surface area contributed by atoms with Crippen LogP contribution >= 0.6 is 39.0 Å². The van der Waals surface area contributed by atoms with Gasteiger partial charge in [0.25, 0.3) is 0 Å². The fourth-order valence-corrected chi connectivity index (χ4v) is 5.67. The molecule has 0 radical (unpaired) electrons. The lowest BCUT2D eigenvalue weighted by Gasteiger charge is -2.08. The molecule has 1 amide bonds. The summed E-state index contributed by atoms with van der Waals surface area (Å²) in [5.74, 6) is 0.905. The maximum absolute atomic E-state index is 12.6. The summed E-state index contributed by atoms with van der Waals surface area (Å²) in [5, 5.41) is 12.4. The highest BCUT2D eigenvalue weighted by atomic mass is 79.9. The van der Waals surface area contributed by atoms with Crippen LogP contribution in [-0.4, -0.2) is 39.5 Å². The molecule has 0 unspecified atom stereocenters. The van der Waals surface area contributed by atoms with Gasteiger partial charge in [0.05, 0.1) is 18.4 Å². The number of carbonyl (C=O) groups is 2. The lowest BCUT2D eigenvalue weighted by molar-refractivity contribution is -0.113. The molecule has 1 aliphatic rings. The molecular weight excluding hydrogens is 516 g/mol. The fourth-order valence-electron chi connectivity index (χ4n) is 3.38. The molecule has 0 saturated heterocycles. The number of thiophene rings is 1. The van der Waals surface area contributed by atoms with Crippen molar-refractivity contribution in [3.63, 3.8) is 0 Å². The van der Waals surface area contributed by atoms with E-state index >= 15 is 0 Å². The van der Waals surface area contributed by atoms with Crippen molar-refractivity contribution >= 4 is 55.9 Å². The van der Waals surface area contributed by atoms with Gasteiger partial charge >= 0.3 is 5.97 Å². The summed E-state index contributed by atoms with van der Waals surface area (Å²) in [5.41, 5.74) is 1.50. The van der Waals surface area contributed by atoms with Crippen molar-refractivity contribution in [3.8, 4) is 5.75 Å². The molecule has 168 valence electrons. The van der Waals surface area contributed by atoms with E-state index < -0.39 is 5.97 Å². The van der Waals surface area contributed by atoms with Crippen LogP contribution in [0, 0.1) is 0 Å². The number of nitrogens with one attached hydrogen (secondary N) is 1. The summed E-state index contributed by atoms with van der Waals surface area (Å²) in [4.78, 5) is 26.0. The van der Waals surface area contributed by atoms with Crippen molar-refractivity contribution < 1.29 is 19.1 Å². The Bertz CT molecular complexity index is 1140. The minimum atomic E-state index is -0.406. The predicted octanol–water partition coefficient (Wildman–Crippen LogP) is 4.22. The maximum Gasteiger partial charge on any atom is 0.341 e. The molecule has 0 fully saturated rings. The minimum absolute atomic E-state index is 0.142. The number of aryl methyl sites for hydroxylation is 1. The second-order valence-electron chi connectivity index (χ2n) is 7.09. The molecule has 8 nitrogen and oxygen atoms in total. The number of amides is 1. The molecule has 0 atom stereocenters. The molecule has 0 aliphatic heterocycles. The summed E-state index contributed by atoms with van der Waals surface area (Å²) in [6, 6.07) is 7.53. The first-order valence-corrected chi connectivity index (χ1v) is 12.5. The molecule has 1 aromatic carbocycles. The average molecular weight is 537 g/mol. The van der Waals surface area contributed by atoms with Gasteiger partial charge < -0.3 is 19.4 Å². The first kappa shape index (κ1) is 22.8. The normalized spacial score (nSPS) is 12.5. The SMILES string of the molecule is COC(=O)c1c(NC(=O)CSc2nnc(COc3ccc(Br)cc3)n2C)sc2c1CCC2. The molecule has 1 aliphatic carbocycles. The number of anilines is 1. The summed E-state index contributed by atoms with van der Waals surface area (Å²) in [7, 11) is 3.19. The van der Waals surface area contributed by atoms with Gasteiger partial charge in [-0.1, -0.05) is 27.7 Å². The van der Waals surface area contributed by atoms with Gasteiger partial charge in [0.15, 0.2) is 11.0 Å². The van der Waals surface area contributed by atoms with Gasteiger partial charge in [-0.2, -0.15) is 0 Å². The van der Waals surface area contributed by atoms with E-state index in [9.17, 15) is 9.59 Å². The first-order chi connectivity index (χ1) is 15.5. The Hall–Kier alpha value is -2.37. The van der Waals surface area contributed by atoms with E-state index in [4.69, 9.17) is 9.47 Å². The Labute approximate surface area is 201 Å². The highest BCUT2D eigenvalue weighted by Gasteiger charge is 2.28. The van der Waals surface area contributed by atoms with Gasteiger partial charge in [-0.15, -0.1) is 21.5 Å². The topological polar surface area (TPSA) is 95.3 Å². The number of rotatable bonds is 8. The van der Waals surface area contributed by atoms with E-state index in [1.54, 1.807) is 4.57 Å². The molecule has 32 heavy (non-hydrogen) atoms. The third-order valence-corrected chi connectivity index (χ3v) is 7.76. The van der Waals surface area contributed by atoms with E-state index in [1.165, 1.54) is 30.2 Å². The van der Waals surface area contributed by atoms with Crippen molar-refractivity contribution in [1.29, 1.82) is 0 Å². The highest BCUT2D eigenvalue weighted by Crippen LogP contribution is 2.39. The molecule has 2 aromatic heterocycles. The zero-order valence-corrected chi connectivity index (χ0v) is 20.7. The summed E-state index contributed by atoms with van der Waals surface area (Å²) >= 11 is 6.13. The van der Waals surface area contributed by atoms with E-state index in [1.807, 2.05) is 31.3 Å². The third-order valence-electron chi connectivity index (χ3n) is 5.00. The van der Waals surface area contributed by atoms with Crippen molar-refractivity contribution in [1.82, 2.24) is 14.8 Å². The van der Waals surface area contributed by atoms with Crippen LogP contribution in [0.25, 0.3) is 0 Å². The van der Waals surface area contributed by atoms with Gasteiger partial charge in [0.2, 0.25) is 5.91 Å². The maximum atomic E-state index is 12.6. The monoisotopic (exact) mass is 536 g/mol. The number of aromatic nitrogens is 3. The Morgan fingerprint density at radius 1 is 1.25 bits per heavy atom. The lowest BCUT2D eigenvalue weighted by Crippen LogP contribution is -2.16. The molecular formula is C21H21BrN4O4S2. The van der Waals surface area contributed by atoms with Crippen LogP contribution in [0.1, 0.15) is 33.0 Å². The Balaban J connectivity index is 1.35. The second-order valence-corrected chi connectivity index (χ2v) is 10.1. The average Bonchev–Trinajstić information content (AvgIpc) is 3.46. The number of methoxy groups -OCH3 is 1. The number of carbonyl (C=O) groups excluding carboxylic acids is 2. The van der Waals surface area contributed by atoms with Gasteiger partial charge in [0, 0.05) is 16.4 Å². The Morgan fingerprint density at radius 2 is 2.03 bits per heavy atom. The Morgan fingerprint density at radius 3 is 2.78 bits per heavy atom. The van der Waals surface area contributed by atoms with E-state index in [-0.39, 0.29) is 18.3 Å². The Kier molecular flexibility index (Phi) is 7.17. The molecule has 0 spiro atoms. The predicted molar refractivity (Wildman–Crippen MR) is 127 cm³/mol. The third kappa shape index (κ3) is 5.00. The van der Waals surface area contributed by atoms with Crippen molar-refractivity contribution in [2.45, 2.75) is 31.0 Å². The number of hydrogen-bond acceptors (Lipinski definition) is 8. The molecule has 2 heterocycles. The minimum Gasteiger partial charge on any atom is -0.486 e. The summed E-state index contributed by atoms with van der Waals surface area (Å²) in [6.45, 7) is 0.265. The van der Waals surface area contributed by atoms with E-state index in [2.05, 4.69) is 31.4 Å². The number of fused-ring (bicyclic) bond motifs is 1. The summed E-state index contributed by atoms with van der Waals surface area (Å²) < 4.78 is 13.5. The van der Waals surface area contributed by atoms with Crippen LogP contribution in [0.5, 0.6) is 5.75 Å². The number of thioether (sulfide) groups is 1. The van der Waals surface area contributed by atoms with Crippen molar-refractivity contribution in [2.75, 3.05) is 18.2 Å². The van der Waals surface area contributed by atoms with Crippen LogP contribution in [0.3, 0.4) is 0 Å². The molecule has 3 aromatic rings. The second kappa shape index (κ2) is 10.1. The lowest BCUT2D eigenvalue weighted by atomic mass is 10.1. The molecule has 4 rings (SSSR count). The van der Waals surface area contributed by atoms with Gasteiger partial charge in [0.1, 0.15) is 17.4 Å². The molecule has 1 N–H and O–H groups in total. The van der Waals surface area contributed by atoms with Crippen LogP contribution in [0.15, 0.2) is 33.9 Å². The number of hydrogen-bond donors (Lipinski definition) is 1. The first-order valence-electron chi connectivity index (χ1n) is 9.88. The molecule has 11 heteroatoms. The van der Waals surface area contributed by atoms with Crippen molar-refractivity contribution in [3.05, 3.63) is 50.6 Å². The van der Waals surface area contributed by atoms with Gasteiger partial charge in [-0.25, -0.2) is 4.79 Å². The zero-order valence-electron chi connectivity index (χ0n) is 17.5. The van der Waals surface area contributed by atoms with Crippen LogP contribution in [0.2, 0.25) is 0 Å². The smallest absolute Gasteiger partial charge is 0.341 e. The van der Waals surface area contributed by atoms with Gasteiger partial charge in [-0.3, -0.25) is 4.79 Å².